The van der Waals surface area contributed by atoms with E-state index in [4.69, 9.17) is 14.6 Å². The van der Waals surface area contributed by atoms with Crippen LogP contribution in [0.3, 0.4) is 0 Å². The van der Waals surface area contributed by atoms with E-state index in [1.807, 2.05) is 18.2 Å². The molecular weight excluding hydrogens is 336 g/mol. The maximum absolute atomic E-state index is 11.9. The van der Waals surface area contributed by atoms with Crippen LogP contribution in [-0.4, -0.2) is 41.5 Å². The van der Waals surface area contributed by atoms with Crippen LogP contribution < -0.4 is 4.74 Å². The number of aliphatic hydroxyl groups is 1. The molecule has 0 amide bonds. The third kappa shape index (κ3) is 5.46. The van der Waals surface area contributed by atoms with Gasteiger partial charge in [-0.25, -0.2) is 9.59 Å². The summed E-state index contributed by atoms with van der Waals surface area (Å²) in [5, 5.41) is 18.8. The van der Waals surface area contributed by atoms with Gasteiger partial charge >= 0.3 is 11.9 Å². The van der Waals surface area contributed by atoms with Gasteiger partial charge in [0.25, 0.3) is 0 Å². The summed E-state index contributed by atoms with van der Waals surface area (Å²) in [4.78, 5) is 22.7. The normalized spacial score (nSPS) is 11.4. The zero-order valence-corrected chi connectivity index (χ0v) is 14.1. The molecule has 1 atom stereocenters. The van der Waals surface area contributed by atoms with E-state index in [9.17, 15) is 14.7 Å². The molecule has 136 valence electrons. The number of benzene rings is 2. The summed E-state index contributed by atoms with van der Waals surface area (Å²) in [7, 11) is 0. The minimum absolute atomic E-state index is 0.0284. The van der Waals surface area contributed by atoms with Crippen molar-refractivity contribution in [3.8, 4) is 5.75 Å². The molecule has 1 unspecified atom stereocenters. The fourth-order valence-electron chi connectivity index (χ4n) is 2.21. The number of ether oxygens (including phenoxy) is 2. The third-order valence-electron chi connectivity index (χ3n) is 3.54. The molecule has 0 aliphatic carbocycles. The molecule has 26 heavy (non-hydrogen) atoms. The van der Waals surface area contributed by atoms with Crippen LogP contribution in [0.5, 0.6) is 5.75 Å². The zero-order valence-electron chi connectivity index (χ0n) is 14.1. The van der Waals surface area contributed by atoms with Crippen molar-refractivity contribution in [1.82, 2.24) is 0 Å². The molecule has 2 aromatic rings. The molecular formula is C20H20O6. The Morgan fingerprint density at radius 3 is 2.35 bits per heavy atom. The first-order chi connectivity index (χ1) is 12.5. The summed E-state index contributed by atoms with van der Waals surface area (Å²) < 4.78 is 10.6. The van der Waals surface area contributed by atoms with Crippen molar-refractivity contribution >= 4 is 11.9 Å². The van der Waals surface area contributed by atoms with Gasteiger partial charge in [0, 0.05) is 0 Å². The first kappa shape index (κ1) is 19.2. The Balaban J connectivity index is 1.83. The van der Waals surface area contributed by atoms with Crippen LogP contribution in [0.1, 0.15) is 26.3 Å². The second-order valence-corrected chi connectivity index (χ2v) is 5.55. The highest BCUT2D eigenvalue weighted by atomic mass is 16.5. The molecule has 0 heterocycles. The Labute approximate surface area is 151 Å². The Morgan fingerprint density at radius 1 is 1.04 bits per heavy atom. The zero-order chi connectivity index (χ0) is 18.9. The van der Waals surface area contributed by atoms with Crippen LogP contribution in [0, 0.1) is 0 Å². The molecule has 0 radical (unpaired) electrons. The van der Waals surface area contributed by atoms with E-state index < -0.39 is 18.0 Å². The quantitative estimate of drug-likeness (QED) is 0.530. The van der Waals surface area contributed by atoms with Gasteiger partial charge in [-0.2, -0.15) is 0 Å². The van der Waals surface area contributed by atoms with E-state index in [-0.39, 0.29) is 24.3 Å². The molecule has 0 bridgehead atoms. The van der Waals surface area contributed by atoms with E-state index in [0.29, 0.717) is 12.2 Å². The maximum atomic E-state index is 11.9. The monoisotopic (exact) mass is 356 g/mol. The second-order valence-electron chi connectivity index (χ2n) is 5.55. The van der Waals surface area contributed by atoms with Crippen molar-refractivity contribution in [3.05, 3.63) is 77.9 Å². The maximum Gasteiger partial charge on any atom is 0.338 e. The Bertz CT molecular complexity index is 766. The fraction of sp³-hybridized carbons (Fsp3) is 0.200. The van der Waals surface area contributed by atoms with Crippen LogP contribution in [0.2, 0.25) is 0 Å². The van der Waals surface area contributed by atoms with Crippen molar-refractivity contribution in [2.24, 2.45) is 0 Å². The Kier molecular flexibility index (Phi) is 6.93. The Hall–Kier alpha value is -3.12. The summed E-state index contributed by atoms with van der Waals surface area (Å²) in [6.07, 6.45) is 1.41. The molecule has 0 spiro atoms. The molecule has 2 N–H and O–H groups in total. The molecule has 0 aliphatic rings. The number of hydrogen-bond acceptors (Lipinski definition) is 5. The average molecular weight is 356 g/mol. The minimum atomic E-state index is -1.07. The van der Waals surface area contributed by atoms with Crippen LogP contribution in [0.15, 0.2) is 61.2 Å². The van der Waals surface area contributed by atoms with E-state index >= 15 is 0 Å². The third-order valence-corrected chi connectivity index (χ3v) is 3.54. The van der Waals surface area contributed by atoms with Gasteiger partial charge in [0.05, 0.1) is 11.1 Å². The van der Waals surface area contributed by atoms with E-state index in [1.54, 1.807) is 12.1 Å². The fourth-order valence-corrected chi connectivity index (χ4v) is 2.21. The number of carbonyl (C=O) groups is 2. The van der Waals surface area contributed by atoms with Crippen molar-refractivity contribution in [2.75, 3.05) is 13.2 Å². The number of esters is 1. The summed E-state index contributed by atoms with van der Waals surface area (Å²) in [6, 6.07) is 12.8. The first-order valence-corrected chi connectivity index (χ1v) is 8.01. The standard InChI is InChI=1S/C20H20O6/c1-2-5-14-6-3-4-7-18(14)25-12-17(21)13-26-20(24)16-10-8-15(9-11-16)19(22)23/h2-4,6-11,17,21H,1,5,12-13H2,(H,22,23). The van der Waals surface area contributed by atoms with Gasteiger partial charge in [-0.15, -0.1) is 6.58 Å². The van der Waals surface area contributed by atoms with E-state index in [2.05, 4.69) is 6.58 Å². The summed E-state index contributed by atoms with van der Waals surface area (Å²) in [5.74, 6) is -1.08. The topological polar surface area (TPSA) is 93.1 Å². The van der Waals surface area contributed by atoms with Gasteiger partial charge in [-0.1, -0.05) is 24.3 Å². The number of aliphatic hydroxyl groups excluding tert-OH is 1. The smallest absolute Gasteiger partial charge is 0.338 e. The molecule has 2 rings (SSSR count). The summed E-state index contributed by atoms with van der Waals surface area (Å²) >= 11 is 0. The number of carboxylic acid groups (broad SMARTS) is 1. The van der Waals surface area contributed by atoms with Gasteiger partial charge in [-0.3, -0.25) is 0 Å². The summed E-state index contributed by atoms with van der Waals surface area (Å²) in [6.45, 7) is 3.43. The van der Waals surface area contributed by atoms with Gasteiger partial charge in [-0.05, 0) is 42.3 Å². The number of carbonyl (C=O) groups excluding carboxylic acids is 1. The number of rotatable bonds is 9. The molecule has 0 saturated carbocycles. The summed E-state index contributed by atoms with van der Waals surface area (Å²) in [5.41, 5.74) is 1.23. The number of aromatic carboxylic acids is 1. The molecule has 0 fully saturated rings. The molecule has 6 heteroatoms. The number of allylic oxidation sites excluding steroid dienone is 1. The SMILES string of the molecule is C=CCc1ccccc1OCC(O)COC(=O)c1ccc(C(=O)O)cc1. The molecule has 0 aliphatic heterocycles. The van der Waals surface area contributed by atoms with E-state index in [1.165, 1.54) is 24.3 Å². The Morgan fingerprint density at radius 2 is 1.69 bits per heavy atom. The van der Waals surface area contributed by atoms with Gasteiger partial charge in [0.2, 0.25) is 0 Å². The predicted octanol–water partition coefficient (Wildman–Crippen LogP) is 2.71. The van der Waals surface area contributed by atoms with Crippen LogP contribution in [0.4, 0.5) is 0 Å². The number of para-hydroxylation sites is 1. The minimum Gasteiger partial charge on any atom is -0.490 e. The van der Waals surface area contributed by atoms with Gasteiger partial charge in [0.15, 0.2) is 0 Å². The molecule has 0 saturated heterocycles. The first-order valence-electron chi connectivity index (χ1n) is 8.01. The lowest BCUT2D eigenvalue weighted by atomic mass is 10.1. The second kappa shape index (κ2) is 9.39. The van der Waals surface area contributed by atoms with Crippen LogP contribution in [-0.2, 0) is 11.2 Å². The number of carboxylic acids is 1. The van der Waals surface area contributed by atoms with Gasteiger partial charge in [0.1, 0.15) is 25.1 Å². The lowest BCUT2D eigenvalue weighted by molar-refractivity contribution is 0.0129. The number of hydrogen-bond donors (Lipinski definition) is 2. The van der Waals surface area contributed by atoms with Crippen LogP contribution in [0.25, 0.3) is 0 Å². The average Bonchev–Trinajstić information content (AvgIpc) is 2.65. The molecule has 6 nitrogen and oxygen atoms in total. The van der Waals surface area contributed by atoms with E-state index in [0.717, 1.165) is 5.56 Å². The van der Waals surface area contributed by atoms with Crippen molar-refractivity contribution < 1.29 is 29.3 Å². The highest BCUT2D eigenvalue weighted by Gasteiger charge is 2.13. The lowest BCUT2D eigenvalue weighted by Gasteiger charge is -2.15. The van der Waals surface area contributed by atoms with Crippen molar-refractivity contribution in [3.63, 3.8) is 0 Å². The molecule has 0 aromatic heterocycles. The molecule has 2 aromatic carbocycles. The largest absolute Gasteiger partial charge is 0.490 e. The van der Waals surface area contributed by atoms with Crippen molar-refractivity contribution in [2.45, 2.75) is 12.5 Å². The van der Waals surface area contributed by atoms with Crippen molar-refractivity contribution in [1.29, 1.82) is 0 Å². The highest BCUT2D eigenvalue weighted by molar-refractivity contribution is 5.92. The lowest BCUT2D eigenvalue weighted by Crippen LogP contribution is -2.25. The highest BCUT2D eigenvalue weighted by Crippen LogP contribution is 2.19. The van der Waals surface area contributed by atoms with Crippen LogP contribution >= 0.6 is 0 Å². The van der Waals surface area contributed by atoms with Gasteiger partial charge < -0.3 is 19.7 Å². The predicted molar refractivity (Wildman–Crippen MR) is 95.5 cm³/mol.